The van der Waals surface area contributed by atoms with Crippen LogP contribution >= 0.6 is 0 Å². The molecule has 1 amide bonds. The van der Waals surface area contributed by atoms with Crippen molar-refractivity contribution < 1.29 is 9.21 Å². The number of rotatable bonds is 6. The molecule has 116 valence electrons. The second-order valence-corrected chi connectivity index (χ2v) is 5.17. The molecule has 0 atom stereocenters. The van der Waals surface area contributed by atoms with Crippen molar-refractivity contribution in [3.05, 3.63) is 17.3 Å². The van der Waals surface area contributed by atoms with Crippen LogP contribution in [0.4, 0.5) is 0 Å². The van der Waals surface area contributed by atoms with Gasteiger partial charge in [-0.15, -0.1) is 0 Å². The third kappa shape index (κ3) is 4.77. The van der Waals surface area contributed by atoms with Crippen molar-refractivity contribution in [3.8, 4) is 0 Å². The van der Waals surface area contributed by atoms with Crippen LogP contribution in [0, 0.1) is 19.8 Å². The van der Waals surface area contributed by atoms with E-state index in [0.29, 0.717) is 31.5 Å². The molecule has 1 aromatic rings. The predicted octanol–water partition coefficient (Wildman–Crippen LogP) is 0.483. The van der Waals surface area contributed by atoms with E-state index in [4.69, 9.17) is 4.42 Å². The van der Waals surface area contributed by atoms with Gasteiger partial charge in [-0.3, -0.25) is 9.79 Å². The zero-order valence-corrected chi connectivity index (χ0v) is 12.8. The lowest BCUT2D eigenvalue weighted by molar-refractivity contribution is -0.122. The van der Waals surface area contributed by atoms with Gasteiger partial charge >= 0.3 is 0 Å². The molecule has 1 saturated carbocycles. The van der Waals surface area contributed by atoms with Gasteiger partial charge in [0.15, 0.2) is 5.96 Å². The number of guanidine groups is 1. The molecule has 1 fully saturated rings. The van der Waals surface area contributed by atoms with Crippen LogP contribution < -0.4 is 16.0 Å². The average molecular weight is 293 g/mol. The van der Waals surface area contributed by atoms with Gasteiger partial charge in [0.25, 0.3) is 0 Å². The molecule has 1 aliphatic carbocycles. The fraction of sp³-hybridized carbons (Fsp3) is 0.643. The largest absolute Gasteiger partial charge is 0.444 e. The summed E-state index contributed by atoms with van der Waals surface area (Å²) in [6.45, 7) is 5.50. The zero-order valence-electron chi connectivity index (χ0n) is 12.8. The first-order valence-corrected chi connectivity index (χ1v) is 7.25. The summed E-state index contributed by atoms with van der Waals surface area (Å²) < 4.78 is 5.49. The maximum Gasteiger partial charge on any atom is 0.223 e. The van der Waals surface area contributed by atoms with Crippen molar-refractivity contribution in [3.63, 3.8) is 0 Å². The van der Waals surface area contributed by atoms with E-state index in [1.807, 2.05) is 13.8 Å². The first-order valence-electron chi connectivity index (χ1n) is 7.25. The maximum absolute atomic E-state index is 11.5. The fourth-order valence-corrected chi connectivity index (χ4v) is 1.85. The predicted molar refractivity (Wildman–Crippen MR) is 79.9 cm³/mol. The van der Waals surface area contributed by atoms with Gasteiger partial charge in [0, 0.05) is 26.1 Å². The summed E-state index contributed by atoms with van der Waals surface area (Å²) >= 11 is 0. The number of hydrogen-bond acceptors (Lipinski definition) is 4. The summed E-state index contributed by atoms with van der Waals surface area (Å²) in [6.07, 6.45) is 2.05. The number of aryl methyl sites for hydroxylation is 2. The number of carbonyl (C=O) groups is 1. The van der Waals surface area contributed by atoms with Crippen LogP contribution in [-0.2, 0) is 11.3 Å². The molecule has 0 aromatic carbocycles. The quantitative estimate of drug-likeness (QED) is 0.403. The Morgan fingerprint density at radius 1 is 1.29 bits per heavy atom. The molecular formula is C14H23N5O2. The van der Waals surface area contributed by atoms with E-state index in [1.165, 1.54) is 0 Å². The number of aromatic nitrogens is 1. The molecule has 0 aliphatic heterocycles. The topological polar surface area (TPSA) is 91.5 Å². The minimum atomic E-state index is 0.158. The number of oxazole rings is 1. The van der Waals surface area contributed by atoms with E-state index in [9.17, 15) is 4.79 Å². The van der Waals surface area contributed by atoms with Crippen molar-refractivity contribution in [2.75, 3.05) is 20.1 Å². The second-order valence-electron chi connectivity index (χ2n) is 5.17. The summed E-state index contributed by atoms with van der Waals surface area (Å²) in [4.78, 5) is 19.9. The Hall–Kier alpha value is -2.05. The van der Waals surface area contributed by atoms with Crippen molar-refractivity contribution in [2.45, 2.75) is 33.2 Å². The monoisotopic (exact) mass is 293 g/mol. The third-order valence-corrected chi connectivity index (χ3v) is 3.37. The van der Waals surface area contributed by atoms with Gasteiger partial charge < -0.3 is 20.4 Å². The van der Waals surface area contributed by atoms with Crippen molar-refractivity contribution in [2.24, 2.45) is 10.9 Å². The molecule has 0 spiro atoms. The van der Waals surface area contributed by atoms with Crippen molar-refractivity contribution >= 4 is 11.9 Å². The SMILES string of the molecule is CN=C(NCCNC(=O)C1CC1)NCc1nc(C)c(C)o1. The van der Waals surface area contributed by atoms with Crippen LogP contribution in [0.25, 0.3) is 0 Å². The lowest BCUT2D eigenvalue weighted by Crippen LogP contribution is -2.41. The van der Waals surface area contributed by atoms with Crippen molar-refractivity contribution in [1.29, 1.82) is 0 Å². The molecule has 0 unspecified atom stereocenters. The molecule has 7 heteroatoms. The van der Waals surface area contributed by atoms with Crippen LogP contribution in [0.1, 0.15) is 30.2 Å². The molecule has 1 aromatic heterocycles. The van der Waals surface area contributed by atoms with Crippen LogP contribution in [0.5, 0.6) is 0 Å². The summed E-state index contributed by atoms with van der Waals surface area (Å²) in [5, 5.41) is 9.14. The Bertz CT molecular complexity index is 500. The summed E-state index contributed by atoms with van der Waals surface area (Å²) in [7, 11) is 1.70. The van der Waals surface area contributed by atoms with Gasteiger partial charge in [0.05, 0.1) is 12.2 Å². The van der Waals surface area contributed by atoms with Gasteiger partial charge in [-0.1, -0.05) is 0 Å². The minimum Gasteiger partial charge on any atom is -0.444 e. The first kappa shape index (κ1) is 15.3. The van der Waals surface area contributed by atoms with E-state index in [0.717, 1.165) is 24.3 Å². The highest BCUT2D eigenvalue weighted by molar-refractivity contribution is 5.81. The molecule has 0 saturated heterocycles. The fourth-order valence-electron chi connectivity index (χ4n) is 1.85. The normalized spacial score (nSPS) is 14.9. The Kier molecular flexibility index (Phi) is 5.19. The van der Waals surface area contributed by atoms with Gasteiger partial charge in [0.1, 0.15) is 5.76 Å². The number of nitrogens with one attached hydrogen (secondary N) is 3. The molecule has 2 rings (SSSR count). The summed E-state index contributed by atoms with van der Waals surface area (Å²) in [5.74, 6) is 2.53. The van der Waals surface area contributed by atoms with Gasteiger partial charge in [-0.2, -0.15) is 0 Å². The highest BCUT2D eigenvalue weighted by Gasteiger charge is 2.28. The van der Waals surface area contributed by atoms with Crippen LogP contribution in [0.15, 0.2) is 9.41 Å². The first-order chi connectivity index (χ1) is 10.1. The van der Waals surface area contributed by atoms with E-state index in [-0.39, 0.29) is 11.8 Å². The Balaban J connectivity index is 1.64. The standard InChI is InChI=1S/C14H23N5O2/c1-9-10(2)21-12(19-9)8-18-14(15-3)17-7-6-16-13(20)11-4-5-11/h11H,4-8H2,1-3H3,(H,16,20)(H2,15,17,18). The van der Waals surface area contributed by atoms with Gasteiger partial charge in [-0.05, 0) is 26.7 Å². The molecule has 0 radical (unpaired) electrons. The Morgan fingerprint density at radius 2 is 2.00 bits per heavy atom. The maximum atomic E-state index is 11.5. The van der Waals surface area contributed by atoms with Crippen LogP contribution in [0.3, 0.4) is 0 Å². The molecule has 21 heavy (non-hydrogen) atoms. The average Bonchev–Trinajstić information content (AvgIpc) is 3.25. The van der Waals surface area contributed by atoms with Gasteiger partial charge in [-0.25, -0.2) is 4.98 Å². The van der Waals surface area contributed by atoms with E-state index in [2.05, 4.69) is 25.9 Å². The second kappa shape index (κ2) is 7.10. The molecule has 7 nitrogen and oxygen atoms in total. The number of hydrogen-bond donors (Lipinski definition) is 3. The minimum absolute atomic E-state index is 0.158. The zero-order chi connectivity index (χ0) is 15.2. The summed E-state index contributed by atoms with van der Waals surface area (Å²) in [5.41, 5.74) is 0.900. The Morgan fingerprint density at radius 3 is 2.57 bits per heavy atom. The highest BCUT2D eigenvalue weighted by atomic mass is 16.4. The molecule has 1 aliphatic rings. The van der Waals surface area contributed by atoms with Gasteiger partial charge in [0.2, 0.25) is 11.8 Å². The number of nitrogens with zero attached hydrogens (tertiary/aromatic N) is 2. The van der Waals surface area contributed by atoms with Crippen LogP contribution in [-0.4, -0.2) is 37.0 Å². The lowest BCUT2D eigenvalue weighted by Gasteiger charge is -2.11. The van der Waals surface area contributed by atoms with E-state index >= 15 is 0 Å². The smallest absolute Gasteiger partial charge is 0.223 e. The summed E-state index contributed by atoms with van der Waals surface area (Å²) in [6, 6.07) is 0. The highest BCUT2D eigenvalue weighted by Crippen LogP contribution is 2.28. The lowest BCUT2D eigenvalue weighted by atomic mass is 10.4. The third-order valence-electron chi connectivity index (χ3n) is 3.37. The molecule has 3 N–H and O–H groups in total. The number of amides is 1. The van der Waals surface area contributed by atoms with E-state index in [1.54, 1.807) is 7.05 Å². The van der Waals surface area contributed by atoms with Crippen LogP contribution in [0.2, 0.25) is 0 Å². The van der Waals surface area contributed by atoms with Crippen molar-refractivity contribution in [1.82, 2.24) is 20.9 Å². The molecule has 1 heterocycles. The molecular weight excluding hydrogens is 270 g/mol. The Labute approximate surface area is 124 Å². The number of carbonyl (C=O) groups excluding carboxylic acids is 1. The molecule has 0 bridgehead atoms. The number of aliphatic imine (C=N–C) groups is 1. The van der Waals surface area contributed by atoms with E-state index < -0.39 is 0 Å².